The summed E-state index contributed by atoms with van der Waals surface area (Å²) in [7, 11) is 0. The van der Waals surface area contributed by atoms with Crippen molar-refractivity contribution in [2.45, 2.75) is 0 Å². The summed E-state index contributed by atoms with van der Waals surface area (Å²) < 4.78 is 0. The number of benzene rings is 1. The number of para-hydroxylation sites is 1. The fourth-order valence-electron chi connectivity index (χ4n) is 1.10. The van der Waals surface area contributed by atoms with Crippen molar-refractivity contribution >= 4 is 10.9 Å². The minimum Gasteiger partial charge on any atom is -0.322 e. The molecule has 2 nitrogen and oxygen atoms in total. The van der Waals surface area contributed by atoms with Crippen LogP contribution in [-0.2, 0) is 0 Å². The van der Waals surface area contributed by atoms with Gasteiger partial charge in [0, 0.05) is 47.2 Å². The third-order valence-corrected chi connectivity index (χ3v) is 1.63. The minimum absolute atomic E-state index is 0. The van der Waals surface area contributed by atoms with Crippen LogP contribution in [0.3, 0.4) is 0 Å². The van der Waals surface area contributed by atoms with Gasteiger partial charge in [0.05, 0.1) is 0 Å². The van der Waals surface area contributed by atoms with Crippen LogP contribution in [-0.4, -0.2) is 4.98 Å². The van der Waals surface area contributed by atoms with Gasteiger partial charge in [-0.05, 0) is 17.5 Å². The molecule has 0 aliphatic heterocycles. The molecule has 0 amide bonds. The van der Waals surface area contributed by atoms with Crippen LogP contribution in [0.4, 0.5) is 0 Å². The molecule has 0 aliphatic rings. The van der Waals surface area contributed by atoms with Crippen molar-refractivity contribution in [2.75, 3.05) is 0 Å². The number of H-pyrrole nitrogens is 1. The molecule has 0 atom stereocenters. The van der Waals surface area contributed by atoms with E-state index in [1.807, 2.05) is 30.3 Å². The second-order valence-electron chi connectivity index (χ2n) is 2.41. The molecular formula is C9H7LaNO. The first kappa shape index (κ1) is 9.71. The Hall–Kier alpha value is -0.375. The molecule has 1 N–H and O–H groups in total. The zero-order chi connectivity index (χ0) is 7.68. The maximum atomic E-state index is 10.8. The van der Waals surface area contributed by atoms with Crippen LogP contribution in [0.15, 0.2) is 41.2 Å². The van der Waals surface area contributed by atoms with E-state index < -0.39 is 0 Å². The standard InChI is InChI=1S/C9H7NO.La/c11-9-6-5-7-3-1-2-4-8(7)10-9;/h1-6H,(H,10,11);. The molecule has 0 saturated carbocycles. The predicted octanol–water partition coefficient (Wildman–Crippen LogP) is 1.53. The van der Waals surface area contributed by atoms with Crippen LogP contribution in [0.2, 0.25) is 0 Å². The monoisotopic (exact) mass is 284 g/mol. The summed E-state index contributed by atoms with van der Waals surface area (Å²) >= 11 is 0. The van der Waals surface area contributed by atoms with E-state index in [0.29, 0.717) is 0 Å². The molecule has 0 spiro atoms. The van der Waals surface area contributed by atoms with E-state index in [-0.39, 0.29) is 41.2 Å². The largest absolute Gasteiger partial charge is 0.322 e. The Morgan fingerprint density at radius 2 is 1.75 bits per heavy atom. The number of aromatic amines is 1. The third kappa shape index (κ3) is 1.86. The van der Waals surface area contributed by atoms with Crippen LogP contribution in [0.1, 0.15) is 0 Å². The Morgan fingerprint density at radius 3 is 2.58 bits per heavy atom. The molecule has 1 radical (unpaired) electrons. The van der Waals surface area contributed by atoms with Gasteiger partial charge in [-0.1, -0.05) is 18.2 Å². The van der Waals surface area contributed by atoms with Gasteiger partial charge in [-0.25, -0.2) is 0 Å². The molecular weight excluding hydrogens is 277 g/mol. The van der Waals surface area contributed by atoms with Crippen LogP contribution in [0.25, 0.3) is 10.9 Å². The summed E-state index contributed by atoms with van der Waals surface area (Å²) in [6.45, 7) is 0. The predicted molar refractivity (Wildman–Crippen MR) is 44.6 cm³/mol. The molecule has 0 fully saturated rings. The van der Waals surface area contributed by atoms with Crippen molar-refractivity contribution in [1.29, 1.82) is 0 Å². The average Bonchev–Trinajstić information content (AvgIpc) is 2.04. The molecule has 1 heterocycles. The van der Waals surface area contributed by atoms with Gasteiger partial charge < -0.3 is 4.98 Å². The smallest absolute Gasteiger partial charge is 0.248 e. The second kappa shape index (κ2) is 4.03. The van der Waals surface area contributed by atoms with Crippen molar-refractivity contribution in [3.8, 4) is 0 Å². The Labute approximate surface area is 97.6 Å². The first-order chi connectivity index (χ1) is 5.36. The minimum atomic E-state index is -0.0521. The van der Waals surface area contributed by atoms with Gasteiger partial charge in [-0.2, -0.15) is 0 Å². The Morgan fingerprint density at radius 1 is 1.00 bits per heavy atom. The van der Waals surface area contributed by atoms with Crippen LogP contribution >= 0.6 is 0 Å². The number of fused-ring (bicyclic) bond motifs is 1. The number of rotatable bonds is 0. The molecule has 0 saturated heterocycles. The fourth-order valence-corrected chi connectivity index (χ4v) is 1.10. The molecule has 3 heteroatoms. The van der Waals surface area contributed by atoms with Crippen molar-refractivity contribution in [2.24, 2.45) is 0 Å². The molecule has 2 rings (SSSR count). The van der Waals surface area contributed by atoms with E-state index in [1.165, 1.54) is 6.07 Å². The second-order valence-corrected chi connectivity index (χ2v) is 2.41. The van der Waals surface area contributed by atoms with Gasteiger partial charge in [-0.15, -0.1) is 0 Å². The van der Waals surface area contributed by atoms with Crippen LogP contribution in [0.5, 0.6) is 0 Å². The van der Waals surface area contributed by atoms with Gasteiger partial charge in [0.15, 0.2) is 0 Å². The van der Waals surface area contributed by atoms with Crippen LogP contribution in [0, 0.1) is 35.6 Å². The zero-order valence-corrected chi connectivity index (χ0v) is 10.1. The van der Waals surface area contributed by atoms with Crippen LogP contribution < -0.4 is 5.56 Å². The third-order valence-electron chi connectivity index (χ3n) is 1.63. The molecule has 57 valence electrons. The molecule has 0 unspecified atom stereocenters. The van der Waals surface area contributed by atoms with E-state index in [2.05, 4.69) is 4.98 Å². The maximum absolute atomic E-state index is 10.8. The summed E-state index contributed by atoms with van der Waals surface area (Å²) in [4.78, 5) is 13.6. The van der Waals surface area contributed by atoms with E-state index in [0.717, 1.165) is 10.9 Å². The average molecular weight is 284 g/mol. The maximum Gasteiger partial charge on any atom is 0.248 e. The Balaban J connectivity index is 0.000000720. The topological polar surface area (TPSA) is 32.9 Å². The summed E-state index contributed by atoms with van der Waals surface area (Å²) in [6.07, 6.45) is 0. The fraction of sp³-hybridized carbons (Fsp3) is 0. The summed E-state index contributed by atoms with van der Waals surface area (Å²) in [5.41, 5.74) is 0.837. The molecule has 12 heavy (non-hydrogen) atoms. The van der Waals surface area contributed by atoms with Gasteiger partial charge >= 0.3 is 0 Å². The Kier molecular flexibility index (Phi) is 3.26. The molecule has 2 aromatic rings. The number of aromatic nitrogens is 1. The first-order valence-corrected chi connectivity index (χ1v) is 3.44. The van der Waals surface area contributed by atoms with Gasteiger partial charge in [-0.3, -0.25) is 4.79 Å². The summed E-state index contributed by atoms with van der Waals surface area (Å²) in [6, 6.07) is 11.0. The SMILES string of the molecule is O=c1ccc2ccccc2[nH]1.[La]. The molecule has 0 bridgehead atoms. The first-order valence-electron chi connectivity index (χ1n) is 3.44. The van der Waals surface area contributed by atoms with E-state index in [9.17, 15) is 4.79 Å². The Bertz CT molecular complexity index is 435. The quantitative estimate of drug-likeness (QED) is 0.782. The number of pyridine rings is 1. The number of hydrogen-bond acceptors (Lipinski definition) is 1. The van der Waals surface area contributed by atoms with Crippen molar-refractivity contribution in [3.05, 3.63) is 46.8 Å². The summed E-state index contributed by atoms with van der Waals surface area (Å²) in [5.74, 6) is 0. The molecule has 1 aromatic carbocycles. The van der Waals surface area contributed by atoms with Gasteiger partial charge in [0.25, 0.3) is 0 Å². The van der Waals surface area contributed by atoms with Crippen molar-refractivity contribution in [3.63, 3.8) is 0 Å². The van der Waals surface area contributed by atoms with E-state index in [4.69, 9.17) is 0 Å². The number of nitrogens with one attached hydrogen (secondary N) is 1. The molecule has 0 aliphatic carbocycles. The number of hydrogen-bond donors (Lipinski definition) is 1. The van der Waals surface area contributed by atoms with Crippen molar-refractivity contribution in [1.82, 2.24) is 4.98 Å². The van der Waals surface area contributed by atoms with Crippen molar-refractivity contribution < 1.29 is 35.6 Å². The normalized spacial score (nSPS) is 9.33. The van der Waals surface area contributed by atoms with Gasteiger partial charge in [0.2, 0.25) is 5.56 Å². The van der Waals surface area contributed by atoms with Gasteiger partial charge in [0.1, 0.15) is 0 Å². The van der Waals surface area contributed by atoms with E-state index in [1.54, 1.807) is 0 Å². The molecule has 1 aromatic heterocycles. The van der Waals surface area contributed by atoms with E-state index >= 15 is 0 Å². The zero-order valence-electron chi connectivity index (χ0n) is 6.45. The summed E-state index contributed by atoms with van der Waals surface area (Å²) in [5, 5.41) is 1.06.